The highest BCUT2D eigenvalue weighted by atomic mass is 35.5. The molecule has 2 rings (SSSR count). The summed E-state index contributed by atoms with van der Waals surface area (Å²) < 4.78 is 0. The van der Waals surface area contributed by atoms with Crippen LogP contribution in [0.5, 0.6) is 0 Å². The van der Waals surface area contributed by atoms with Gasteiger partial charge in [-0.3, -0.25) is 9.59 Å². The van der Waals surface area contributed by atoms with E-state index in [0.29, 0.717) is 17.1 Å². The second-order valence-corrected chi connectivity index (χ2v) is 5.70. The first-order chi connectivity index (χ1) is 11.8. The van der Waals surface area contributed by atoms with Gasteiger partial charge in [0.2, 0.25) is 11.9 Å². The molecular formula is C15H18ClN7O2. The highest BCUT2D eigenvalue weighted by Gasteiger charge is 2.18. The first-order valence-electron chi connectivity index (χ1n) is 7.45. The van der Waals surface area contributed by atoms with Gasteiger partial charge in [-0.2, -0.15) is 4.98 Å². The van der Waals surface area contributed by atoms with Crippen LogP contribution in [0.3, 0.4) is 0 Å². The lowest BCUT2D eigenvalue weighted by molar-refractivity contribution is -0.118. The summed E-state index contributed by atoms with van der Waals surface area (Å²) in [5, 5.41) is 13.9. The molecule has 132 valence electrons. The maximum Gasteiger partial charge on any atom is 0.273 e. The normalized spacial score (nSPS) is 11.6. The Hall–Kier alpha value is -2.94. The van der Waals surface area contributed by atoms with Crippen LogP contribution in [0.2, 0.25) is 5.02 Å². The zero-order valence-electron chi connectivity index (χ0n) is 13.7. The van der Waals surface area contributed by atoms with Crippen molar-refractivity contribution in [2.24, 2.45) is 11.5 Å². The second kappa shape index (κ2) is 7.75. The predicted molar refractivity (Wildman–Crippen MR) is 94.7 cm³/mol. The first kappa shape index (κ1) is 18.4. The molecule has 2 amide bonds. The van der Waals surface area contributed by atoms with Gasteiger partial charge in [-0.25, -0.2) is 0 Å². The molecule has 10 heteroatoms. The van der Waals surface area contributed by atoms with Crippen molar-refractivity contribution < 1.29 is 9.59 Å². The molecule has 0 aliphatic heterocycles. The Balaban J connectivity index is 2.36. The summed E-state index contributed by atoms with van der Waals surface area (Å²) in [6.07, 6.45) is 0.440. The number of nitrogens with one attached hydrogen (secondary N) is 2. The summed E-state index contributed by atoms with van der Waals surface area (Å²) in [6, 6.07) is 4.54. The fourth-order valence-corrected chi connectivity index (χ4v) is 2.15. The number of carbonyl (C=O) groups is 2. The molecule has 0 fully saturated rings. The lowest BCUT2D eigenvalue weighted by Gasteiger charge is -2.14. The van der Waals surface area contributed by atoms with E-state index in [9.17, 15) is 9.59 Å². The van der Waals surface area contributed by atoms with E-state index < -0.39 is 17.9 Å². The van der Waals surface area contributed by atoms with Gasteiger partial charge in [0.15, 0.2) is 11.5 Å². The minimum Gasteiger partial charge on any atom is -0.368 e. The van der Waals surface area contributed by atoms with Crippen LogP contribution in [0.15, 0.2) is 18.2 Å². The molecule has 9 nitrogen and oxygen atoms in total. The number of carbonyl (C=O) groups excluding carboxylic acids is 2. The van der Waals surface area contributed by atoms with Crippen LogP contribution in [0, 0.1) is 6.92 Å². The maximum absolute atomic E-state index is 11.6. The molecule has 0 aliphatic rings. The van der Waals surface area contributed by atoms with Crippen LogP contribution < -0.4 is 22.1 Å². The molecule has 0 saturated carbocycles. The summed E-state index contributed by atoms with van der Waals surface area (Å²) in [5.41, 5.74) is 11.9. The number of benzene rings is 1. The Kier molecular flexibility index (Phi) is 5.71. The number of nitrogens with two attached hydrogens (primary N) is 2. The van der Waals surface area contributed by atoms with Gasteiger partial charge in [0.05, 0.1) is 0 Å². The van der Waals surface area contributed by atoms with Crippen LogP contribution in [0.1, 0.15) is 29.4 Å². The third kappa shape index (κ3) is 4.54. The fraction of sp³-hybridized carbons (Fsp3) is 0.267. The van der Waals surface area contributed by atoms with Crippen molar-refractivity contribution in [1.82, 2.24) is 15.2 Å². The van der Waals surface area contributed by atoms with E-state index in [1.807, 2.05) is 6.92 Å². The number of halogens is 1. The first-order valence-corrected chi connectivity index (χ1v) is 7.83. The molecule has 0 unspecified atom stereocenters. The van der Waals surface area contributed by atoms with Gasteiger partial charge in [0.25, 0.3) is 5.91 Å². The SMILES string of the molecule is CC[C@@H](Nc1nnc(C(N)=O)c(Nc2ccc(Cl)c(C)c2)n1)C(N)=O. The number of nitrogens with zero attached hydrogens (tertiary/aromatic N) is 3. The predicted octanol–water partition coefficient (Wildman–Crippen LogP) is 1.35. The van der Waals surface area contributed by atoms with Gasteiger partial charge < -0.3 is 22.1 Å². The van der Waals surface area contributed by atoms with Crippen LogP contribution in [-0.4, -0.2) is 33.0 Å². The monoisotopic (exact) mass is 363 g/mol. The Morgan fingerprint density at radius 3 is 2.56 bits per heavy atom. The van der Waals surface area contributed by atoms with Gasteiger partial charge in [0, 0.05) is 10.7 Å². The highest BCUT2D eigenvalue weighted by molar-refractivity contribution is 6.31. The number of primary amides is 2. The third-order valence-electron chi connectivity index (χ3n) is 3.40. The van der Waals surface area contributed by atoms with Crippen molar-refractivity contribution in [2.75, 3.05) is 10.6 Å². The molecule has 0 spiro atoms. The molecule has 0 aliphatic carbocycles. The molecule has 1 heterocycles. The summed E-state index contributed by atoms with van der Waals surface area (Å²) in [5.74, 6) is -1.19. The van der Waals surface area contributed by atoms with Crippen molar-refractivity contribution >= 4 is 40.9 Å². The number of amides is 2. The highest BCUT2D eigenvalue weighted by Crippen LogP contribution is 2.23. The van der Waals surface area contributed by atoms with Gasteiger partial charge in [-0.15, -0.1) is 10.2 Å². The molecular weight excluding hydrogens is 346 g/mol. The molecule has 25 heavy (non-hydrogen) atoms. The van der Waals surface area contributed by atoms with E-state index in [0.717, 1.165) is 5.56 Å². The minimum atomic E-state index is -0.790. The fourth-order valence-electron chi connectivity index (χ4n) is 2.03. The van der Waals surface area contributed by atoms with Gasteiger partial charge in [0.1, 0.15) is 6.04 Å². The van der Waals surface area contributed by atoms with Gasteiger partial charge in [-0.1, -0.05) is 18.5 Å². The van der Waals surface area contributed by atoms with E-state index in [1.165, 1.54) is 0 Å². The zero-order chi connectivity index (χ0) is 18.6. The number of anilines is 3. The number of aryl methyl sites for hydroxylation is 1. The van der Waals surface area contributed by atoms with Crippen LogP contribution in [0.4, 0.5) is 17.5 Å². The molecule has 1 aromatic heterocycles. The largest absolute Gasteiger partial charge is 0.368 e. The Morgan fingerprint density at radius 2 is 2.00 bits per heavy atom. The third-order valence-corrected chi connectivity index (χ3v) is 3.82. The summed E-state index contributed by atoms with van der Waals surface area (Å²) in [7, 11) is 0. The zero-order valence-corrected chi connectivity index (χ0v) is 14.5. The summed E-state index contributed by atoms with van der Waals surface area (Å²) in [6.45, 7) is 3.62. The number of rotatable bonds is 7. The van der Waals surface area contributed by atoms with Crippen molar-refractivity contribution in [3.63, 3.8) is 0 Å². The van der Waals surface area contributed by atoms with Gasteiger partial charge in [-0.05, 0) is 37.1 Å². The topological polar surface area (TPSA) is 149 Å². The maximum atomic E-state index is 11.6. The molecule has 2 aromatic rings. The average Bonchev–Trinajstić information content (AvgIpc) is 2.55. The van der Waals surface area contributed by atoms with Crippen molar-refractivity contribution in [3.05, 3.63) is 34.5 Å². The Labute approximate surface area is 149 Å². The Morgan fingerprint density at radius 1 is 1.28 bits per heavy atom. The molecule has 0 radical (unpaired) electrons. The van der Waals surface area contributed by atoms with Crippen molar-refractivity contribution in [3.8, 4) is 0 Å². The lowest BCUT2D eigenvalue weighted by Crippen LogP contribution is -2.35. The summed E-state index contributed by atoms with van der Waals surface area (Å²) in [4.78, 5) is 27.1. The molecule has 0 bridgehead atoms. The minimum absolute atomic E-state index is 0.0452. The standard InChI is InChI=1S/C15H18ClN7O2/c1-3-10(12(17)24)20-15-21-14(11(13(18)25)22-23-15)19-8-4-5-9(16)7(2)6-8/h4-6,10H,3H2,1-2H3,(H2,17,24)(H2,18,25)(H2,19,20,21,23)/t10-/m1/s1. The number of hydrogen-bond acceptors (Lipinski definition) is 7. The quantitative estimate of drug-likeness (QED) is 0.580. The van der Waals surface area contributed by atoms with Crippen LogP contribution >= 0.6 is 11.6 Å². The van der Waals surface area contributed by atoms with E-state index in [1.54, 1.807) is 25.1 Å². The number of aromatic nitrogens is 3. The smallest absolute Gasteiger partial charge is 0.273 e. The summed E-state index contributed by atoms with van der Waals surface area (Å²) >= 11 is 6.00. The van der Waals surface area contributed by atoms with Crippen LogP contribution in [-0.2, 0) is 4.79 Å². The molecule has 1 aromatic carbocycles. The molecule has 0 saturated heterocycles. The Bertz CT molecular complexity index is 812. The van der Waals surface area contributed by atoms with Gasteiger partial charge >= 0.3 is 0 Å². The van der Waals surface area contributed by atoms with E-state index in [-0.39, 0.29) is 17.5 Å². The van der Waals surface area contributed by atoms with Crippen molar-refractivity contribution in [2.45, 2.75) is 26.3 Å². The van der Waals surface area contributed by atoms with E-state index in [2.05, 4.69) is 25.8 Å². The van der Waals surface area contributed by atoms with E-state index in [4.69, 9.17) is 23.1 Å². The van der Waals surface area contributed by atoms with Crippen LogP contribution in [0.25, 0.3) is 0 Å². The second-order valence-electron chi connectivity index (χ2n) is 5.29. The van der Waals surface area contributed by atoms with E-state index >= 15 is 0 Å². The lowest BCUT2D eigenvalue weighted by atomic mass is 10.2. The number of hydrogen-bond donors (Lipinski definition) is 4. The van der Waals surface area contributed by atoms with Crippen molar-refractivity contribution in [1.29, 1.82) is 0 Å². The average molecular weight is 364 g/mol. The molecule has 1 atom stereocenters. The molecule has 6 N–H and O–H groups in total.